The van der Waals surface area contributed by atoms with Crippen LogP contribution in [0.4, 0.5) is 11.6 Å². The SMILES string of the molecule is Cc1cc2nc(n1)CCOCCN1CCC[C@@H]1COc1cnn(C)c1C1C=Cn3nc(cc3C1)N2. The van der Waals surface area contributed by atoms with Gasteiger partial charge in [0.2, 0.25) is 0 Å². The zero-order valence-electron chi connectivity index (χ0n) is 20.4. The van der Waals surface area contributed by atoms with E-state index >= 15 is 0 Å². The van der Waals surface area contributed by atoms with Crippen LogP contribution in [0.25, 0.3) is 6.20 Å². The van der Waals surface area contributed by atoms with Crippen LogP contribution in [0, 0.1) is 6.92 Å². The Labute approximate surface area is 205 Å². The molecule has 3 aromatic heterocycles. The Balaban J connectivity index is 1.30. The van der Waals surface area contributed by atoms with Crippen LogP contribution in [-0.2, 0) is 24.6 Å². The van der Waals surface area contributed by atoms with E-state index in [2.05, 4.69) is 32.4 Å². The predicted octanol–water partition coefficient (Wildman–Crippen LogP) is 2.69. The summed E-state index contributed by atoms with van der Waals surface area (Å²) < 4.78 is 16.2. The third-order valence-electron chi connectivity index (χ3n) is 7.08. The first-order chi connectivity index (χ1) is 17.1. The van der Waals surface area contributed by atoms with Crippen LogP contribution in [0.15, 0.2) is 24.4 Å². The van der Waals surface area contributed by atoms with E-state index in [0.29, 0.717) is 32.3 Å². The molecule has 1 unspecified atom stereocenters. The van der Waals surface area contributed by atoms with Gasteiger partial charge in [-0.1, -0.05) is 6.08 Å². The average Bonchev–Trinajstić information content (AvgIpc) is 3.54. The molecule has 0 radical (unpaired) electrons. The molecular formula is C25H32N8O2. The van der Waals surface area contributed by atoms with Crippen LogP contribution in [0.3, 0.4) is 0 Å². The van der Waals surface area contributed by atoms with Crippen molar-refractivity contribution in [2.45, 2.75) is 44.6 Å². The zero-order valence-corrected chi connectivity index (χ0v) is 20.4. The molecule has 10 heteroatoms. The number of anilines is 2. The Bertz CT molecular complexity index is 1230. The van der Waals surface area contributed by atoms with Gasteiger partial charge in [-0.2, -0.15) is 10.2 Å². The molecule has 6 heterocycles. The van der Waals surface area contributed by atoms with Crippen molar-refractivity contribution in [1.29, 1.82) is 0 Å². The van der Waals surface area contributed by atoms with Gasteiger partial charge in [0.15, 0.2) is 11.6 Å². The van der Waals surface area contributed by atoms with E-state index < -0.39 is 0 Å². The van der Waals surface area contributed by atoms with Crippen molar-refractivity contribution >= 4 is 17.8 Å². The molecule has 3 aliphatic rings. The van der Waals surface area contributed by atoms with Gasteiger partial charge in [0.25, 0.3) is 0 Å². The summed E-state index contributed by atoms with van der Waals surface area (Å²) in [5.74, 6) is 3.33. The van der Waals surface area contributed by atoms with E-state index in [1.165, 1.54) is 6.42 Å². The molecule has 0 aliphatic carbocycles. The molecular weight excluding hydrogens is 444 g/mol. The largest absolute Gasteiger partial charge is 0.488 e. The summed E-state index contributed by atoms with van der Waals surface area (Å²) in [6, 6.07) is 4.43. The quantitative estimate of drug-likeness (QED) is 0.529. The van der Waals surface area contributed by atoms with Crippen molar-refractivity contribution in [2.24, 2.45) is 7.05 Å². The lowest BCUT2D eigenvalue weighted by molar-refractivity contribution is 0.0893. The standard InChI is InChI=1S/C25H32N8O2/c1-17-12-23-28-22(27-17)6-10-34-11-9-32-7-3-4-19(32)16-35-21-15-26-31(2)25(21)18-5-8-33-20(13-18)14-24(29-23)30-33/h5,8,12,14-15,18-19H,3-4,6-7,9-11,13,16H2,1-2H3,(H,27,28,29,30)/t18?,19-/m1/s1. The van der Waals surface area contributed by atoms with Crippen molar-refractivity contribution in [2.75, 3.05) is 38.2 Å². The highest BCUT2D eigenvalue weighted by atomic mass is 16.5. The topological polar surface area (TPSA) is 95.2 Å². The van der Waals surface area contributed by atoms with E-state index in [9.17, 15) is 0 Å². The van der Waals surface area contributed by atoms with Gasteiger partial charge in [-0.25, -0.2) is 14.6 Å². The molecule has 2 atom stereocenters. The number of aromatic nitrogens is 6. The van der Waals surface area contributed by atoms with Crippen LogP contribution < -0.4 is 10.1 Å². The number of hydrogen-bond acceptors (Lipinski definition) is 8. The first-order valence-electron chi connectivity index (χ1n) is 12.5. The lowest BCUT2D eigenvalue weighted by atomic mass is 9.96. The van der Waals surface area contributed by atoms with E-state index in [1.807, 2.05) is 41.8 Å². The molecule has 6 rings (SSSR count). The monoisotopic (exact) mass is 476 g/mol. The maximum atomic E-state index is 6.38. The summed E-state index contributed by atoms with van der Waals surface area (Å²) in [6.07, 6.45) is 9.90. The predicted molar refractivity (Wildman–Crippen MR) is 132 cm³/mol. The first kappa shape index (κ1) is 22.2. The second-order valence-electron chi connectivity index (χ2n) is 9.58. The number of allylic oxidation sites excluding steroid dienone is 1. The van der Waals surface area contributed by atoms with Crippen LogP contribution in [0.1, 0.15) is 41.7 Å². The Morgan fingerprint density at radius 1 is 1.11 bits per heavy atom. The van der Waals surface area contributed by atoms with Crippen molar-refractivity contribution < 1.29 is 9.47 Å². The van der Waals surface area contributed by atoms with Crippen LogP contribution in [0.2, 0.25) is 0 Å². The van der Waals surface area contributed by atoms with Gasteiger partial charge < -0.3 is 14.8 Å². The third kappa shape index (κ3) is 4.68. The second kappa shape index (κ2) is 9.43. The average molecular weight is 477 g/mol. The smallest absolute Gasteiger partial charge is 0.161 e. The summed E-state index contributed by atoms with van der Waals surface area (Å²) in [7, 11) is 1.99. The highest BCUT2D eigenvalue weighted by Gasteiger charge is 2.28. The molecule has 0 saturated carbocycles. The van der Waals surface area contributed by atoms with Gasteiger partial charge >= 0.3 is 0 Å². The Morgan fingerprint density at radius 3 is 3.00 bits per heavy atom. The van der Waals surface area contributed by atoms with Gasteiger partial charge in [0, 0.05) is 68.1 Å². The van der Waals surface area contributed by atoms with Gasteiger partial charge in [0.1, 0.15) is 18.2 Å². The lowest BCUT2D eigenvalue weighted by Crippen LogP contribution is -2.36. The first-order valence-corrected chi connectivity index (χ1v) is 12.5. The van der Waals surface area contributed by atoms with Crippen LogP contribution in [0.5, 0.6) is 5.75 Å². The summed E-state index contributed by atoms with van der Waals surface area (Å²) in [5.41, 5.74) is 3.15. The fraction of sp³-hybridized carbons (Fsp3) is 0.520. The van der Waals surface area contributed by atoms with Crippen molar-refractivity contribution in [1.82, 2.24) is 34.4 Å². The number of hydrogen-bond donors (Lipinski definition) is 1. The van der Waals surface area contributed by atoms with Gasteiger partial charge in [-0.15, -0.1) is 0 Å². The van der Waals surface area contributed by atoms with Crippen molar-refractivity contribution in [3.05, 3.63) is 47.3 Å². The highest BCUT2D eigenvalue weighted by molar-refractivity contribution is 5.54. The number of fused-ring (bicyclic) bond motifs is 7. The fourth-order valence-electron chi connectivity index (χ4n) is 5.35. The molecule has 10 nitrogen and oxygen atoms in total. The number of ether oxygens (including phenoxy) is 2. The summed E-state index contributed by atoms with van der Waals surface area (Å²) >= 11 is 0. The normalized spacial score (nSPS) is 22.8. The Kier molecular flexibility index (Phi) is 5.99. The molecule has 0 aromatic carbocycles. The number of nitrogens with zero attached hydrogens (tertiary/aromatic N) is 7. The lowest BCUT2D eigenvalue weighted by Gasteiger charge is -2.25. The van der Waals surface area contributed by atoms with Gasteiger partial charge in [-0.05, 0) is 26.3 Å². The van der Waals surface area contributed by atoms with Crippen molar-refractivity contribution in [3.63, 3.8) is 0 Å². The minimum Gasteiger partial charge on any atom is -0.488 e. The summed E-state index contributed by atoms with van der Waals surface area (Å²) in [6.45, 7) is 5.94. The molecule has 0 spiro atoms. The number of aryl methyl sites for hydroxylation is 2. The Hall–Kier alpha value is -3.24. The zero-order chi connectivity index (χ0) is 23.8. The minimum atomic E-state index is 0.168. The maximum Gasteiger partial charge on any atom is 0.161 e. The summed E-state index contributed by atoms with van der Waals surface area (Å²) in [5, 5.41) is 12.6. The van der Waals surface area contributed by atoms with Crippen molar-refractivity contribution in [3.8, 4) is 5.75 Å². The molecule has 1 saturated heterocycles. The highest BCUT2D eigenvalue weighted by Crippen LogP contribution is 2.34. The van der Waals surface area contributed by atoms with Crippen LogP contribution >= 0.6 is 0 Å². The fourth-order valence-corrected chi connectivity index (χ4v) is 5.35. The molecule has 3 aromatic rings. The second-order valence-corrected chi connectivity index (χ2v) is 9.58. The minimum absolute atomic E-state index is 0.168. The van der Waals surface area contributed by atoms with Crippen LogP contribution in [-0.4, -0.2) is 73.4 Å². The molecule has 1 fully saturated rings. The summed E-state index contributed by atoms with van der Waals surface area (Å²) in [4.78, 5) is 11.8. The maximum absolute atomic E-state index is 6.38. The molecule has 0 amide bonds. The van der Waals surface area contributed by atoms with E-state index in [4.69, 9.17) is 19.6 Å². The Morgan fingerprint density at radius 2 is 2.06 bits per heavy atom. The van der Waals surface area contributed by atoms with Gasteiger partial charge in [0.05, 0.1) is 25.1 Å². The molecule has 5 bridgehead atoms. The number of nitrogens with one attached hydrogen (secondary N) is 1. The van der Waals surface area contributed by atoms with E-state index in [-0.39, 0.29) is 5.92 Å². The van der Waals surface area contributed by atoms with E-state index in [1.54, 1.807) is 0 Å². The van der Waals surface area contributed by atoms with E-state index in [0.717, 1.165) is 66.2 Å². The number of rotatable bonds is 0. The van der Waals surface area contributed by atoms with Gasteiger partial charge in [-0.3, -0.25) is 9.58 Å². The molecule has 35 heavy (non-hydrogen) atoms. The molecule has 184 valence electrons. The molecule has 3 aliphatic heterocycles. The molecule has 1 N–H and O–H groups in total. The third-order valence-corrected chi connectivity index (χ3v) is 7.08.